The summed E-state index contributed by atoms with van der Waals surface area (Å²) in [6.07, 6.45) is 2.36. The molecule has 3 N–H and O–H groups in total. The van der Waals surface area contributed by atoms with Crippen molar-refractivity contribution in [2.24, 2.45) is 5.73 Å². The van der Waals surface area contributed by atoms with E-state index in [1.54, 1.807) is 29.0 Å². The zero-order chi connectivity index (χ0) is 21.6. The van der Waals surface area contributed by atoms with Crippen LogP contribution in [0.1, 0.15) is 17.7 Å². The Morgan fingerprint density at radius 3 is 2.67 bits per heavy atom. The average molecular weight is 469 g/mol. The molecule has 4 rings (SSSR count). The van der Waals surface area contributed by atoms with Crippen LogP contribution >= 0.6 is 23.2 Å². The second-order valence-corrected chi connectivity index (χ2v) is 10.3. The van der Waals surface area contributed by atoms with E-state index >= 15 is 0 Å². The van der Waals surface area contributed by atoms with Crippen LogP contribution in [0, 0.1) is 6.92 Å². The fourth-order valence-corrected chi connectivity index (χ4v) is 6.03. The van der Waals surface area contributed by atoms with E-state index in [0.29, 0.717) is 51.6 Å². The van der Waals surface area contributed by atoms with Gasteiger partial charge in [-0.1, -0.05) is 29.3 Å². The second kappa shape index (κ2) is 8.01. The number of hydrogen-bond donors (Lipinski definition) is 2. The number of benzene rings is 1. The number of pyridine rings is 1. The third-order valence-electron chi connectivity index (χ3n) is 5.50. The van der Waals surface area contributed by atoms with Crippen molar-refractivity contribution < 1.29 is 13.5 Å². The summed E-state index contributed by atoms with van der Waals surface area (Å²) in [7, 11) is -3.20. The van der Waals surface area contributed by atoms with Crippen molar-refractivity contribution in [1.82, 2.24) is 13.9 Å². The van der Waals surface area contributed by atoms with Gasteiger partial charge in [0.2, 0.25) is 15.9 Å². The van der Waals surface area contributed by atoms with Gasteiger partial charge in [-0.05, 0) is 31.0 Å². The first-order valence-electron chi connectivity index (χ1n) is 9.57. The molecule has 1 fully saturated rings. The predicted octanol–water partition coefficient (Wildman–Crippen LogP) is 3.52. The molecule has 1 aliphatic heterocycles. The van der Waals surface area contributed by atoms with Gasteiger partial charge in [0.25, 0.3) is 0 Å². The van der Waals surface area contributed by atoms with E-state index in [9.17, 15) is 13.5 Å². The summed E-state index contributed by atoms with van der Waals surface area (Å²) in [6, 6.07) is 5.18. The van der Waals surface area contributed by atoms with Crippen LogP contribution in [0.3, 0.4) is 0 Å². The highest BCUT2D eigenvalue weighted by molar-refractivity contribution is 7.89. The van der Waals surface area contributed by atoms with Crippen molar-refractivity contribution in [3.8, 4) is 17.0 Å². The fraction of sp³-hybridized carbons (Fsp3) is 0.350. The first kappa shape index (κ1) is 21.4. The maximum absolute atomic E-state index is 12.1. The Kier molecular flexibility index (Phi) is 5.71. The minimum absolute atomic E-state index is 0.00446. The lowest BCUT2D eigenvalue weighted by Crippen LogP contribution is -2.29. The summed E-state index contributed by atoms with van der Waals surface area (Å²) in [6.45, 7) is 3.19. The van der Waals surface area contributed by atoms with E-state index in [1.165, 1.54) is 4.31 Å². The lowest BCUT2D eigenvalue weighted by atomic mass is 9.95. The highest BCUT2D eigenvalue weighted by Gasteiger charge is 2.28. The molecule has 0 amide bonds. The van der Waals surface area contributed by atoms with Gasteiger partial charge in [-0.3, -0.25) is 4.98 Å². The third-order valence-corrected chi connectivity index (χ3v) is 8.01. The first-order valence-corrected chi connectivity index (χ1v) is 11.9. The Bertz CT molecular complexity index is 1240. The zero-order valence-corrected chi connectivity index (χ0v) is 18.7. The number of rotatable bonds is 5. The smallest absolute Gasteiger partial charge is 0.214 e. The van der Waals surface area contributed by atoms with Gasteiger partial charge in [-0.15, -0.1) is 0 Å². The summed E-state index contributed by atoms with van der Waals surface area (Å²) in [4.78, 5) is 4.61. The highest BCUT2D eigenvalue weighted by atomic mass is 35.5. The topological polar surface area (TPSA) is 101 Å². The van der Waals surface area contributed by atoms with Crippen molar-refractivity contribution in [2.75, 3.05) is 18.8 Å². The number of aryl methyl sites for hydroxylation is 1. The molecule has 0 saturated carbocycles. The average Bonchev–Trinajstić information content (AvgIpc) is 3.17. The highest BCUT2D eigenvalue weighted by Crippen LogP contribution is 2.42. The van der Waals surface area contributed by atoms with Crippen LogP contribution in [0.25, 0.3) is 22.0 Å². The van der Waals surface area contributed by atoms with Gasteiger partial charge in [0.05, 0.1) is 16.7 Å². The minimum Gasteiger partial charge on any atom is -0.494 e. The molecule has 0 spiro atoms. The molecule has 1 aromatic carbocycles. The van der Waals surface area contributed by atoms with E-state index in [2.05, 4.69) is 4.98 Å². The molecular formula is C20H22Cl2N4O3S. The Labute approximate surface area is 185 Å². The molecule has 1 saturated heterocycles. The van der Waals surface area contributed by atoms with Gasteiger partial charge in [0.15, 0.2) is 0 Å². The van der Waals surface area contributed by atoms with Crippen LogP contribution < -0.4 is 5.73 Å². The first-order chi connectivity index (χ1) is 14.2. The number of halogens is 2. The van der Waals surface area contributed by atoms with E-state index < -0.39 is 10.0 Å². The maximum atomic E-state index is 12.1. The molecule has 1 aliphatic rings. The van der Waals surface area contributed by atoms with Crippen LogP contribution in [0.5, 0.6) is 5.88 Å². The van der Waals surface area contributed by atoms with Crippen molar-refractivity contribution in [2.45, 2.75) is 26.4 Å². The molecule has 2 aromatic heterocycles. The minimum atomic E-state index is -3.20. The lowest BCUT2D eigenvalue weighted by Gasteiger charge is -2.15. The van der Waals surface area contributed by atoms with E-state index in [0.717, 1.165) is 11.3 Å². The Morgan fingerprint density at radius 1 is 1.27 bits per heavy atom. The third kappa shape index (κ3) is 3.67. The number of hydrogen-bond acceptors (Lipinski definition) is 5. The van der Waals surface area contributed by atoms with Crippen LogP contribution in [-0.2, 0) is 23.1 Å². The van der Waals surface area contributed by atoms with Gasteiger partial charge in [-0.2, -0.15) is 0 Å². The van der Waals surface area contributed by atoms with Crippen molar-refractivity contribution in [3.05, 3.63) is 45.7 Å². The second-order valence-electron chi connectivity index (χ2n) is 7.35. The summed E-state index contributed by atoms with van der Waals surface area (Å²) < 4.78 is 27.2. The largest absolute Gasteiger partial charge is 0.494 e. The summed E-state index contributed by atoms with van der Waals surface area (Å²) in [5.41, 5.74) is 9.54. The van der Waals surface area contributed by atoms with Crippen LogP contribution in [0.4, 0.5) is 0 Å². The van der Waals surface area contributed by atoms with Gasteiger partial charge in [0, 0.05) is 59.2 Å². The van der Waals surface area contributed by atoms with Crippen molar-refractivity contribution >= 4 is 44.1 Å². The molecule has 7 nitrogen and oxygen atoms in total. The molecule has 30 heavy (non-hydrogen) atoms. The monoisotopic (exact) mass is 468 g/mol. The molecule has 3 aromatic rings. The van der Waals surface area contributed by atoms with Crippen LogP contribution in [-0.4, -0.2) is 46.2 Å². The zero-order valence-electron chi connectivity index (χ0n) is 16.4. The molecule has 0 aliphatic carbocycles. The molecule has 0 unspecified atom stereocenters. The number of aromatic hydroxyl groups is 1. The van der Waals surface area contributed by atoms with Gasteiger partial charge >= 0.3 is 0 Å². The number of fused-ring (bicyclic) bond motifs is 1. The molecule has 0 atom stereocenters. The number of nitrogens with zero attached hydrogens (tertiary/aromatic N) is 3. The van der Waals surface area contributed by atoms with Crippen molar-refractivity contribution in [1.29, 1.82) is 0 Å². The predicted molar refractivity (Wildman–Crippen MR) is 119 cm³/mol. The normalized spacial score (nSPS) is 16.5. The standard InChI is InChI=1S/C20H22Cl2N4O3S/c1-12-15(10-23)18(14-4-3-13(21)9-16(14)22)19-17(24-12)11-25(20(19)27)6-7-26-5-2-8-30(26,28)29/h3-4,9,11,27H,2,5-8,10,23H2,1H3. The van der Waals surface area contributed by atoms with E-state index in [-0.39, 0.29) is 24.7 Å². The summed E-state index contributed by atoms with van der Waals surface area (Å²) in [5.74, 6) is 0.178. The van der Waals surface area contributed by atoms with Gasteiger partial charge < -0.3 is 15.4 Å². The molecule has 160 valence electrons. The van der Waals surface area contributed by atoms with Crippen LogP contribution in [0.2, 0.25) is 10.0 Å². The molecule has 10 heteroatoms. The number of aromatic nitrogens is 2. The van der Waals surface area contributed by atoms with E-state index in [4.69, 9.17) is 28.9 Å². The Morgan fingerprint density at radius 2 is 2.03 bits per heavy atom. The Hall–Kier alpha value is -1.84. The molecule has 3 heterocycles. The van der Waals surface area contributed by atoms with Crippen LogP contribution in [0.15, 0.2) is 24.4 Å². The van der Waals surface area contributed by atoms with Gasteiger partial charge in [-0.25, -0.2) is 12.7 Å². The summed E-state index contributed by atoms with van der Waals surface area (Å²) in [5, 5.41) is 12.5. The number of nitrogens with two attached hydrogens (primary N) is 1. The van der Waals surface area contributed by atoms with E-state index in [1.807, 2.05) is 6.92 Å². The number of sulfonamides is 1. The quantitative estimate of drug-likeness (QED) is 0.596. The molecule has 0 bridgehead atoms. The molecule has 0 radical (unpaired) electrons. The van der Waals surface area contributed by atoms with Gasteiger partial charge in [0.1, 0.15) is 0 Å². The lowest BCUT2D eigenvalue weighted by molar-refractivity contribution is 0.383. The summed E-state index contributed by atoms with van der Waals surface area (Å²) >= 11 is 12.5. The van der Waals surface area contributed by atoms with Crippen molar-refractivity contribution in [3.63, 3.8) is 0 Å². The SMILES string of the molecule is Cc1nc2cn(CCN3CCCS3(=O)=O)c(O)c2c(-c2ccc(Cl)cc2Cl)c1CN. The molecular weight excluding hydrogens is 447 g/mol. The fourth-order valence-electron chi connectivity index (χ4n) is 4.01. The Balaban J connectivity index is 1.84. The maximum Gasteiger partial charge on any atom is 0.214 e.